The van der Waals surface area contributed by atoms with Gasteiger partial charge in [-0.2, -0.15) is 0 Å². The van der Waals surface area contributed by atoms with E-state index in [-0.39, 0.29) is 0 Å². The van der Waals surface area contributed by atoms with Gasteiger partial charge in [-0.1, -0.05) is 176 Å². The first-order chi connectivity index (χ1) is 29.2. The van der Waals surface area contributed by atoms with Gasteiger partial charge in [0.1, 0.15) is 11.2 Å². The fraction of sp³-hybridized carbons (Fsp3) is 0.0357. The molecule has 0 bridgehead atoms. The maximum absolute atomic E-state index is 6.33. The Labute approximate surface area is 341 Å². The van der Waals surface area contributed by atoms with Gasteiger partial charge in [0, 0.05) is 38.6 Å². The lowest BCUT2D eigenvalue weighted by Crippen LogP contribution is -1.99. The number of hydrogen-bond acceptors (Lipinski definition) is 3. The van der Waals surface area contributed by atoms with E-state index in [9.17, 15) is 0 Å². The van der Waals surface area contributed by atoms with Gasteiger partial charge in [-0.05, 0) is 79.6 Å². The molecule has 9 aromatic carbocycles. The molecule has 0 radical (unpaired) electrons. The van der Waals surface area contributed by atoms with E-state index in [2.05, 4.69) is 182 Å². The molecule has 0 aliphatic heterocycles. The maximum atomic E-state index is 6.33. The summed E-state index contributed by atoms with van der Waals surface area (Å²) in [7, 11) is 0. The second-order valence-electron chi connectivity index (χ2n) is 15.7. The van der Waals surface area contributed by atoms with Crippen molar-refractivity contribution in [2.45, 2.75) is 12.3 Å². The van der Waals surface area contributed by atoms with E-state index in [0.29, 0.717) is 5.92 Å². The van der Waals surface area contributed by atoms with Crippen LogP contribution in [0, 0.1) is 0 Å². The summed E-state index contributed by atoms with van der Waals surface area (Å²) < 4.78 is 6.33. The normalized spacial score (nSPS) is 14.2. The number of rotatable bonds is 5. The molecule has 0 saturated carbocycles. The summed E-state index contributed by atoms with van der Waals surface area (Å²) in [4.78, 5) is 10.2. The summed E-state index contributed by atoms with van der Waals surface area (Å²) in [6.07, 6.45) is 9.84. The molecule has 0 saturated heterocycles. The molecule has 2 aromatic heterocycles. The predicted octanol–water partition coefficient (Wildman–Crippen LogP) is 15.1. The zero-order chi connectivity index (χ0) is 38.9. The fourth-order valence-corrected chi connectivity index (χ4v) is 9.19. The van der Waals surface area contributed by atoms with E-state index in [4.69, 9.17) is 14.4 Å². The van der Waals surface area contributed by atoms with Crippen LogP contribution >= 0.6 is 0 Å². The Morgan fingerprint density at radius 3 is 1.88 bits per heavy atom. The summed E-state index contributed by atoms with van der Waals surface area (Å²) in [6, 6.07) is 63.0. The van der Waals surface area contributed by atoms with Crippen LogP contribution in [0.1, 0.15) is 23.5 Å². The molecular formula is C56H36N2O. The minimum atomic E-state index is 0.331. The highest BCUT2D eigenvalue weighted by Crippen LogP contribution is 2.39. The van der Waals surface area contributed by atoms with E-state index in [1.807, 2.05) is 18.3 Å². The van der Waals surface area contributed by atoms with Gasteiger partial charge in [0.05, 0.1) is 22.9 Å². The molecule has 0 spiro atoms. The van der Waals surface area contributed by atoms with Crippen molar-refractivity contribution in [3.63, 3.8) is 0 Å². The highest BCUT2D eigenvalue weighted by Gasteiger charge is 2.18. The summed E-state index contributed by atoms with van der Waals surface area (Å²) in [5.74, 6) is 0.331. The topological polar surface area (TPSA) is 38.9 Å². The van der Waals surface area contributed by atoms with Crippen LogP contribution in [0.2, 0.25) is 0 Å². The first kappa shape index (κ1) is 33.5. The van der Waals surface area contributed by atoms with Gasteiger partial charge in [-0.3, -0.25) is 4.98 Å². The lowest BCUT2D eigenvalue weighted by Gasteiger charge is -2.18. The lowest BCUT2D eigenvalue weighted by molar-refractivity contribution is 0.667. The summed E-state index contributed by atoms with van der Waals surface area (Å²) in [5, 5.41) is 9.49. The number of fused-ring (bicyclic) bond motifs is 10. The van der Waals surface area contributed by atoms with E-state index < -0.39 is 0 Å². The summed E-state index contributed by atoms with van der Waals surface area (Å²) in [5.41, 5.74) is 14.1. The van der Waals surface area contributed by atoms with Crippen LogP contribution in [0.25, 0.3) is 104 Å². The predicted molar refractivity (Wildman–Crippen MR) is 247 cm³/mol. The third-order valence-corrected chi connectivity index (χ3v) is 12.2. The zero-order valence-corrected chi connectivity index (χ0v) is 32.1. The number of hydrogen-bond donors (Lipinski definition) is 0. The van der Waals surface area contributed by atoms with Gasteiger partial charge in [0.2, 0.25) is 0 Å². The van der Waals surface area contributed by atoms with Crippen molar-refractivity contribution in [3.05, 3.63) is 211 Å². The van der Waals surface area contributed by atoms with Gasteiger partial charge >= 0.3 is 0 Å². The Bertz CT molecular complexity index is 3500. The van der Waals surface area contributed by atoms with Crippen molar-refractivity contribution >= 4 is 70.9 Å². The van der Waals surface area contributed by atoms with Crippen LogP contribution in [0.3, 0.4) is 0 Å². The molecule has 1 aliphatic carbocycles. The Morgan fingerprint density at radius 2 is 1.10 bits per heavy atom. The number of aromatic nitrogens is 2. The Kier molecular flexibility index (Phi) is 7.67. The Hall–Kier alpha value is -7.62. The molecule has 3 heteroatoms. The van der Waals surface area contributed by atoms with Crippen molar-refractivity contribution in [1.29, 1.82) is 0 Å². The number of allylic oxidation sites excluding steroid dienone is 4. The van der Waals surface area contributed by atoms with Crippen molar-refractivity contribution < 1.29 is 4.42 Å². The quantitative estimate of drug-likeness (QED) is 0.164. The van der Waals surface area contributed by atoms with Crippen molar-refractivity contribution in [3.8, 4) is 33.5 Å². The standard InChI is InChI=1S/C56H36N2O/c1-3-14-49-46(11-1)47-12-2-4-15-50(47)55-54(49)57-34-52(58-55)44-10-7-9-39(33-44)35-19-21-36(22-20-35)40-27-29-43-32-41(28-30-42(43)31-40)37-23-25-38(26-24-37)45-16-8-17-51-48-13-5-6-18-53(48)59-56(45)51/h1-23,25-34,37H,24H2. The van der Waals surface area contributed by atoms with E-state index in [0.717, 1.165) is 67.2 Å². The smallest absolute Gasteiger partial charge is 0.143 e. The molecular weight excluding hydrogens is 717 g/mol. The third kappa shape index (κ3) is 5.66. The SMILES string of the molecule is C1=CC(c2ccc3cc(-c4ccc(-c5cccc(-c6cnc7c8ccccc8c8ccccc8c7n6)c5)cc4)ccc3c2)CC=C1c1cccc2c1oc1ccccc12. The molecule has 1 atom stereocenters. The van der Waals surface area contributed by atoms with Crippen LogP contribution in [-0.2, 0) is 0 Å². The highest BCUT2D eigenvalue weighted by molar-refractivity contribution is 6.23. The number of para-hydroxylation sites is 2. The van der Waals surface area contributed by atoms with Crippen LogP contribution < -0.4 is 0 Å². The molecule has 1 aliphatic rings. The van der Waals surface area contributed by atoms with E-state index in [1.165, 1.54) is 54.8 Å². The van der Waals surface area contributed by atoms with Crippen LogP contribution in [-0.4, -0.2) is 9.97 Å². The average Bonchev–Trinajstić information content (AvgIpc) is 3.70. The fourth-order valence-electron chi connectivity index (χ4n) is 9.19. The number of furan rings is 1. The molecule has 2 heterocycles. The zero-order valence-electron chi connectivity index (χ0n) is 32.1. The van der Waals surface area contributed by atoms with Gasteiger partial charge in [-0.15, -0.1) is 0 Å². The molecule has 59 heavy (non-hydrogen) atoms. The molecule has 12 rings (SSSR count). The van der Waals surface area contributed by atoms with Crippen LogP contribution in [0.4, 0.5) is 0 Å². The number of nitrogens with zero attached hydrogens (tertiary/aromatic N) is 2. The molecule has 0 N–H and O–H groups in total. The van der Waals surface area contributed by atoms with Crippen LogP contribution in [0.5, 0.6) is 0 Å². The summed E-state index contributed by atoms with van der Waals surface area (Å²) >= 11 is 0. The van der Waals surface area contributed by atoms with Crippen molar-refractivity contribution in [2.75, 3.05) is 0 Å². The second-order valence-corrected chi connectivity index (χ2v) is 15.7. The van der Waals surface area contributed by atoms with Crippen molar-refractivity contribution in [1.82, 2.24) is 9.97 Å². The van der Waals surface area contributed by atoms with Gasteiger partial charge in [-0.25, -0.2) is 4.98 Å². The summed E-state index contributed by atoms with van der Waals surface area (Å²) in [6.45, 7) is 0. The van der Waals surface area contributed by atoms with Gasteiger partial charge < -0.3 is 4.42 Å². The lowest BCUT2D eigenvalue weighted by atomic mass is 9.87. The molecule has 276 valence electrons. The molecule has 3 nitrogen and oxygen atoms in total. The van der Waals surface area contributed by atoms with Crippen molar-refractivity contribution in [2.24, 2.45) is 0 Å². The molecule has 11 aromatic rings. The second kappa shape index (κ2) is 13.5. The molecule has 0 fully saturated rings. The third-order valence-electron chi connectivity index (χ3n) is 12.2. The largest absolute Gasteiger partial charge is 0.455 e. The monoisotopic (exact) mass is 752 g/mol. The minimum absolute atomic E-state index is 0.331. The van der Waals surface area contributed by atoms with E-state index >= 15 is 0 Å². The highest BCUT2D eigenvalue weighted by atomic mass is 16.3. The molecule has 1 unspecified atom stereocenters. The van der Waals surface area contributed by atoms with Gasteiger partial charge in [0.25, 0.3) is 0 Å². The first-order valence-electron chi connectivity index (χ1n) is 20.3. The Balaban J connectivity index is 0.788. The van der Waals surface area contributed by atoms with E-state index in [1.54, 1.807) is 0 Å². The minimum Gasteiger partial charge on any atom is -0.455 e. The van der Waals surface area contributed by atoms with Crippen LogP contribution in [0.15, 0.2) is 205 Å². The maximum Gasteiger partial charge on any atom is 0.143 e. The first-order valence-corrected chi connectivity index (χ1v) is 20.3. The Morgan fingerprint density at radius 1 is 0.475 bits per heavy atom. The molecule has 0 amide bonds. The average molecular weight is 753 g/mol. The van der Waals surface area contributed by atoms with Gasteiger partial charge in [0.15, 0.2) is 0 Å². The number of benzene rings is 9.